The van der Waals surface area contributed by atoms with Crippen molar-refractivity contribution in [3.8, 4) is 16.9 Å². The zero-order chi connectivity index (χ0) is 16.1. The molecule has 116 valence electrons. The summed E-state index contributed by atoms with van der Waals surface area (Å²) in [7, 11) is 0. The minimum absolute atomic E-state index is 0.0274. The van der Waals surface area contributed by atoms with Crippen LogP contribution in [0.4, 0.5) is 8.78 Å². The standard InChI is InChI=1S/C15H12ClF2NO3/c16-12-7-10(9-4-2-1-3-5-9)6-11(14(12)20)15(21)19-22-8-13(17)18/h1-7,13,20H,8H2,(H,19,21). The highest BCUT2D eigenvalue weighted by Gasteiger charge is 2.17. The number of halogens is 3. The van der Waals surface area contributed by atoms with Crippen molar-refractivity contribution in [2.75, 3.05) is 6.61 Å². The van der Waals surface area contributed by atoms with E-state index in [-0.39, 0.29) is 10.6 Å². The van der Waals surface area contributed by atoms with E-state index in [0.717, 1.165) is 5.56 Å². The van der Waals surface area contributed by atoms with Gasteiger partial charge in [0.25, 0.3) is 12.3 Å². The van der Waals surface area contributed by atoms with Crippen molar-refractivity contribution in [2.45, 2.75) is 6.43 Å². The van der Waals surface area contributed by atoms with Crippen LogP contribution in [0, 0.1) is 0 Å². The monoisotopic (exact) mass is 327 g/mol. The zero-order valence-electron chi connectivity index (χ0n) is 11.2. The maximum atomic E-state index is 12.0. The molecule has 7 heteroatoms. The van der Waals surface area contributed by atoms with Gasteiger partial charge in [0.2, 0.25) is 0 Å². The molecule has 0 saturated heterocycles. The first-order valence-corrected chi connectivity index (χ1v) is 6.65. The van der Waals surface area contributed by atoms with Crippen LogP contribution in [0.3, 0.4) is 0 Å². The number of alkyl halides is 2. The minimum atomic E-state index is -2.71. The average Bonchev–Trinajstić information content (AvgIpc) is 2.50. The van der Waals surface area contributed by atoms with E-state index in [1.54, 1.807) is 12.1 Å². The molecule has 1 amide bonds. The molecule has 0 radical (unpaired) electrons. The third kappa shape index (κ3) is 3.93. The van der Waals surface area contributed by atoms with E-state index in [1.807, 2.05) is 23.7 Å². The van der Waals surface area contributed by atoms with Gasteiger partial charge in [-0.05, 0) is 23.3 Å². The summed E-state index contributed by atoms with van der Waals surface area (Å²) in [6.45, 7) is -0.946. The Bertz CT molecular complexity index is 665. The molecule has 22 heavy (non-hydrogen) atoms. The molecule has 0 fully saturated rings. The number of phenols is 1. The van der Waals surface area contributed by atoms with Gasteiger partial charge in [-0.25, -0.2) is 14.3 Å². The Morgan fingerprint density at radius 1 is 1.23 bits per heavy atom. The largest absolute Gasteiger partial charge is 0.506 e. The summed E-state index contributed by atoms with van der Waals surface area (Å²) in [5.41, 5.74) is 3.06. The number of carbonyl (C=O) groups excluding carboxylic acids is 1. The van der Waals surface area contributed by atoms with E-state index in [0.29, 0.717) is 5.56 Å². The molecule has 4 nitrogen and oxygen atoms in total. The fourth-order valence-electron chi connectivity index (χ4n) is 1.79. The second-order valence-electron chi connectivity index (χ2n) is 4.35. The lowest BCUT2D eigenvalue weighted by Crippen LogP contribution is -2.26. The van der Waals surface area contributed by atoms with Crippen LogP contribution in [0.5, 0.6) is 5.75 Å². The third-order valence-corrected chi connectivity index (χ3v) is 3.08. The lowest BCUT2D eigenvalue weighted by atomic mass is 10.0. The van der Waals surface area contributed by atoms with E-state index >= 15 is 0 Å². The summed E-state index contributed by atoms with van der Waals surface area (Å²) in [5.74, 6) is -1.31. The van der Waals surface area contributed by atoms with Crippen LogP contribution in [0.1, 0.15) is 10.4 Å². The number of phenolic OH excluding ortho intramolecular Hbond substituents is 1. The predicted octanol–water partition coefficient (Wildman–Crippen LogP) is 3.64. The van der Waals surface area contributed by atoms with Crippen molar-refractivity contribution in [2.24, 2.45) is 0 Å². The first-order chi connectivity index (χ1) is 10.5. The maximum absolute atomic E-state index is 12.0. The average molecular weight is 328 g/mol. The van der Waals surface area contributed by atoms with Gasteiger partial charge < -0.3 is 5.11 Å². The zero-order valence-corrected chi connectivity index (χ0v) is 12.0. The highest BCUT2D eigenvalue weighted by molar-refractivity contribution is 6.33. The van der Waals surface area contributed by atoms with Crippen LogP contribution in [-0.4, -0.2) is 24.0 Å². The molecule has 0 bridgehead atoms. The molecule has 0 saturated carbocycles. The van der Waals surface area contributed by atoms with Gasteiger partial charge in [-0.2, -0.15) is 0 Å². The van der Waals surface area contributed by atoms with Crippen molar-refractivity contribution < 1.29 is 23.5 Å². The highest BCUT2D eigenvalue weighted by Crippen LogP contribution is 2.33. The van der Waals surface area contributed by atoms with E-state index < -0.39 is 24.7 Å². The number of hydroxylamine groups is 1. The van der Waals surface area contributed by atoms with Crippen molar-refractivity contribution in [1.82, 2.24) is 5.48 Å². The molecular formula is C15H12ClF2NO3. The summed E-state index contributed by atoms with van der Waals surface area (Å²) in [6.07, 6.45) is -2.71. The Morgan fingerprint density at radius 2 is 1.91 bits per heavy atom. The third-order valence-electron chi connectivity index (χ3n) is 2.79. The number of nitrogens with one attached hydrogen (secondary N) is 1. The number of amides is 1. The van der Waals surface area contributed by atoms with Crippen LogP contribution < -0.4 is 5.48 Å². The van der Waals surface area contributed by atoms with Crippen molar-refractivity contribution in [3.05, 3.63) is 53.1 Å². The van der Waals surface area contributed by atoms with Crippen LogP contribution in [0.2, 0.25) is 5.02 Å². The Hall–Kier alpha value is -2.18. The maximum Gasteiger partial charge on any atom is 0.278 e. The molecule has 2 aromatic rings. The molecule has 0 atom stereocenters. The quantitative estimate of drug-likeness (QED) is 0.824. The smallest absolute Gasteiger partial charge is 0.278 e. The molecular weight excluding hydrogens is 316 g/mol. The molecule has 2 rings (SSSR count). The van der Waals surface area contributed by atoms with Gasteiger partial charge in [-0.3, -0.25) is 9.63 Å². The van der Waals surface area contributed by atoms with Crippen molar-refractivity contribution in [1.29, 1.82) is 0 Å². The summed E-state index contributed by atoms with van der Waals surface area (Å²) >= 11 is 5.91. The number of carbonyl (C=O) groups is 1. The Labute approximate surface area is 130 Å². The van der Waals surface area contributed by atoms with E-state index in [2.05, 4.69) is 4.84 Å². The fraction of sp³-hybridized carbons (Fsp3) is 0.133. The minimum Gasteiger partial charge on any atom is -0.506 e. The number of hydrogen-bond donors (Lipinski definition) is 2. The molecule has 0 unspecified atom stereocenters. The Kier molecular flexibility index (Phi) is 5.30. The SMILES string of the molecule is O=C(NOCC(F)F)c1cc(-c2ccccc2)cc(Cl)c1O. The Morgan fingerprint density at radius 3 is 2.55 bits per heavy atom. The van der Waals surface area contributed by atoms with Crippen molar-refractivity contribution >= 4 is 17.5 Å². The molecule has 0 aliphatic heterocycles. The normalized spacial score (nSPS) is 10.7. The van der Waals surface area contributed by atoms with Gasteiger partial charge in [0.15, 0.2) is 0 Å². The number of rotatable bonds is 5. The number of benzene rings is 2. The summed E-state index contributed by atoms with van der Waals surface area (Å²) < 4.78 is 23.9. The summed E-state index contributed by atoms with van der Waals surface area (Å²) in [4.78, 5) is 16.2. The molecule has 0 aliphatic carbocycles. The summed E-state index contributed by atoms with van der Waals surface area (Å²) in [6, 6.07) is 12.0. The molecule has 2 N–H and O–H groups in total. The predicted molar refractivity (Wildman–Crippen MR) is 78.0 cm³/mol. The molecule has 0 aromatic heterocycles. The highest BCUT2D eigenvalue weighted by atomic mass is 35.5. The topological polar surface area (TPSA) is 58.6 Å². The lowest BCUT2D eigenvalue weighted by Gasteiger charge is -2.10. The first kappa shape index (κ1) is 16.2. The molecule has 0 heterocycles. The van der Waals surface area contributed by atoms with Gasteiger partial charge in [-0.15, -0.1) is 0 Å². The fourth-order valence-corrected chi connectivity index (χ4v) is 2.01. The van der Waals surface area contributed by atoms with Gasteiger partial charge >= 0.3 is 0 Å². The Balaban J connectivity index is 2.27. The lowest BCUT2D eigenvalue weighted by molar-refractivity contribution is -0.0253. The van der Waals surface area contributed by atoms with E-state index in [4.69, 9.17) is 11.6 Å². The van der Waals surface area contributed by atoms with Crippen LogP contribution in [0.15, 0.2) is 42.5 Å². The van der Waals surface area contributed by atoms with Crippen LogP contribution in [0.25, 0.3) is 11.1 Å². The first-order valence-electron chi connectivity index (χ1n) is 6.27. The van der Waals surface area contributed by atoms with Gasteiger partial charge in [-0.1, -0.05) is 41.9 Å². The van der Waals surface area contributed by atoms with Gasteiger partial charge in [0, 0.05) is 0 Å². The van der Waals surface area contributed by atoms with Crippen LogP contribution in [-0.2, 0) is 4.84 Å². The van der Waals surface area contributed by atoms with E-state index in [9.17, 15) is 18.7 Å². The van der Waals surface area contributed by atoms with Crippen LogP contribution >= 0.6 is 11.6 Å². The molecule has 0 aliphatic rings. The van der Waals surface area contributed by atoms with Gasteiger partial charge in [0.1, 0.15) is 12.4 Å². The van der Waals surface area contributed by atoms with Crippen molar-refractivity contribution in [3.63, 3.8) is 0 Å². The second kappa shape index (κ2) is 7.20. The summed E-state index contributed by atoms with van der Waals surface area (Å²) in [5, 5.41) is 9.82. The number of aromatic hydroxyl groups is 1. The van der Waals surface area contributed by atoms with Gasteiger partial charge in [0.05, 0.1) is 10.6 Å². The second-order valence-corrected chi connectivity index (χ2v) is 4.76. The molecule has 0 spiro atoms. The molecule has 2 aromatic carbocycles. The van der Waals surface area contributed by atoms with E-state index in [1.165, 1.54) is 12.1 Å². The number of hydrogen-bond acceptors (Lipinski definition) is 3.